The third-order valence-corrected chi connectivity index (χ3v) is 2.73. The van der Waals surface area contributed by atoms with E-state index in [-0.39, 0.29) is 18.4 Å². The van der Waals surface area contributed by atoms with Gasteiger partial charge in [-0.3, -0.25) is 9.59 Å². The largest absolute Gasteiger partial charge is 0.482 e. The molecule has 1 atom stereocenters. The second-order valence-electron chi connectivity index (χ2n) is 4.20. The molecular weight excluding hydrogens is 234 g/mol. The SMILES string of the molecule is C[C@H](N)C(=O)Nc1ccc2c(c1)N(C)C(=O)CO2. The van der Waals surface area contributed by atoms with Crippen molar-refractivity contribution in [1.82, 2.24) is 0 Å². The molecule has 1 aliphatic heterocycles. The fourth-order valence-corrected chi connectivity index (χ4v) is 1.61. The Balaban J connectivity index is 2.26. The number of benzene rings is 1. The summed E-state index contributed by atoms with van der Waals surface area (Å²) in [5.41, 5.74) is 6.69. The van der Waals surface area contributed by atoms with Gasteiger partial charge in [0.2, 0.25) is 5.91 Å². The van der Waals surface area contributed by atoms with Crippen molar-refractivity contribution < 1.29 is 14.3 Å². The van der Waals surface area contributed by atoms with Gasteiger partial charge in [0, 0.05) is 12.7 Å². The lowest BCUT2D eigenvalue weighted by Gasteiger charge is -2.26. The summed E-state index contributed by atoms with van der Waals surface area (Å²) < 4.78 is 5.28. The Morgan fingerprint density at radius 2 is 2.28 bits per heavy atom. The molecule has 6 heteroatoms. The number of fused-ring (bicyclic) bond motifs is 1. The van der Waals surface area contributed by atoms with Gasteiger partial charge in [0.05, 0.1) is 11.7 Å². The molecule has 1 aromatic carbocycles. The molecule has 0 unspecified atom stereocenters. The summed E-state index contributed by atoms with van der Waals surface area (Å²) in [5.74, 6) is 0.217. The Bertz CT molecular complexity index is 499. The van der Waals surface area contributed by atoms with Gasteiger partial charge in [-0.05, 0) is 25.1 Å². The number of anilines is 2. The molecule has 1 heterocycles. The third kappa shape index (κ3) is 2.28. The van der Waals surface area contributed by atoms with Gasteiger partial charge in [-0.1, -0.05) is 0 Å². The molecule has 0 radical (unpaired) electrons. The summed E-state index contributed by atoms with van der Waals surface area (Å²) in [7, 11) is 1.67. The van der Waals surface area contributed by atoms with Gasteiger partial charge in [0.25, 0.3) is 5.91 Å². The van der Waals surface area contributed by atoms with E-state index in [1.807, 2.05) is 0 Å². The van der Waals surface area contributed by atoms with Gasteiger partial charge in [0.15, 0.2) is 6.61 Å². The number of nitrogens with two attached hydrogens (primary N) is 1. The molecule has 1 aliphatic rings. The predicted octanol–water partition coefficient (Wildman–Crippen LogP) is 0.327. The van der Waals surface area contributed by atoms with Crippen molar-refractivity contribution in [3.8, 4) is 5.75 Å². The van der Waals surface area contributed by atoms with E-state index in [9.17, 15) is 9.59 Å². The third-order valence-electron chi connectivity index (χ3n) is 2.73. The molecule has 0 bridgehead atoms. The van der Waals surface area contributed by atoms with Crippen molar-refractivity contribution >= 4 is 23.2 Å². The minimum absolute atomic E-state index is 0.0367. The van der Waals surface area contributed by atoms with E-state index < -0.39 is 6.04 Å². The Hall–Kier alpha value is -2.08. The fourth-order valence-electron chi connectivity index (χ4n) is 1.61. The van der Waals surface area contributed by atoms with Crippen molar-refractivity contribution in [2.75, 3.05) is 23.9 Å². The number of carbonyl (C=O) groups excluding carboxylic acids is 2. The first-order valence-electron chi connectivity index (χ1n) is 5.59. The number of likely N-dealkylation sites (N-methyl/N-ethyl adjacent to an activating group) is 1. The zero-order valence-electron chi connectivity index (χ0n) is 10.3. The molecule has 3 N–H and O–H groups in total. The van der Waals surface area contributed by atoms with Gasteiger partial charge in [-0.2, -0.15) is 0 Å². The highest BCUT2D eigenvalue weighted by Crippen LogP contribution is 2.33. The zero-order valence-corrected chi connectivity index (χ0v) is 10.3. The van der Waals surface area contributed by atoms with Gasteiger partial charge < -0.3 is 20.7 Å². The summed E-state index contributed by atoms with van der Waals surface area (Å²) in [6.45, 7) is 1.64. The molecule has 0 aromatic heterocycles. The molecule has 2 amide bonds. The highest BCUT2D eigenvalue weighted by atomic mass is 16.5. The van der Waals surface area contributed by atoms with Crippen LogP contribution in [0.2, 0.25) is 0 Å². The average molecular weight is 249 g/mol. The van der Waals surface area contributed by atoms with Crippen LogP contribution in [0.5, 0.6) is 5.75 Å². The lowest BCUT2D eigenvalue weighted by molar-refractivity contribution is -0.121. The van der Waals surface area contributed by atoms with Crippen molar-refractivity contribution in [2.24, 2.45) is 5.73 Å². The van der Waals surface area contributed by atoms with Crippen molar-refractivity contribution in [2.45, 2.75) is 13.0 Å². The van der Waals surface area contributed by atoms with Crippen molar-refractivity contribution in [3.05, 3.63) is 18.2 Å². The first-order valence-corrected chi connectivity index (χ1v) is 5.59. The maximum atomic E-state index is 11.5. The second-order valence-corrected chi connectivity index (χ2v) is 4.20. The van der Waals surface area contributed by atoms with Crippen LogP contribution in [0.3, 0.4) is 0 Å². The van der Waals surface area contributed by atoms with Crippen LogP contribution in [0.15, 0.2) is 18.2 Å². The lowest BCUT2D eigenvalue weighted by atomic mass is 10.2. The second kappa shape index (κ2) is 4.66. The molecule has 0 spiro atoms. The number of rotatable bonds is 2. The van der Waals surface area contributed by atoms with Gasteiger partial charge in [-0.15, -0.1) is 0 Å². The van der Waals surface area contributed by atoms with E-state index in [0.29, 0.717) is 17.1 Å². The van der Waals surface area contributed by atoms with E-state index in [0.717, 1.165) is 0 Å². The van der Waals surface area contributed by atoms with E-state index in [1.165, 1.54) is 4.90 Å². The molecule has 2 rings (SSSR count). The minimum Gasteiger partial charge on any atom is -0.482 e. The number of hydrogen-bond acceptors (Lipinski definition) is 4. The lowest BCUT2D eigenvalue weighted by Crippen LogP contribution is -2.36. The minimum atomic E-state index is -0.586. The Morgan fingerprint density at radius 1 is 1.56 bits per heavy atom. The summed E-state index contributed by atoms with van der Waals surface area (Å²) in [6, 6.07) is 4.53. The number of carbonyl (C=O) groups is 2. The number of ether oxygens (including phenoxy) is 1. The molecule has 1 aromatic rings. The van der Waals surface area contributed by atoms with Crippen LogP contribution in [0.1, 0.15) is 6.92 Å². The quantitative estimate of drug-likeness (QED) is 0.791. The predicted molar refractivity (Wildman–Crippen MR) is 67.6 cm³/mol. The molecule has 96 valence electrons. The first kappa shape index (κ1) is 12.4. The fraction of sp³-hybridized carbons (Fsp3) is 0.333. The van der Waals surface area contributed by atoms with Crippen LogP contribution in [-0.2, 0) is 9.59 Å². The maximum absolute atomic E-state index is 11.5. The van der Waals surface area contributed by atoms with Crippen LogP contribution in [-0.4, -0.2) is 31.5 Å². The highest BCUT2D eigenvalue weighted by Gasteiger charge is 2.22. The Morgan fingerprint density at radius 3 is 2.94 bits per heavy atom. The molecule has 0 saturated heterocycles. The summed E-state index contributed by atoms with van der Waals surface area (Å²) in [4.78, 5) is 24.5. The molecule has 6 nitrogen and oxygen atoms in total. The molecule has 0 fully saturated rings. The van der Waals surface area contributed by atoms with Crippen LogP contribution >= 0.6 is 0 Å². The van der Waals surface area contributed by atoms with E-state index in [4.69, 9.17) is 10.5 Å². The Kier molecular flexibility index (Phi) is 3.20. The Labute approximate surface area is 105 Å². The van der Waals surface area contributed by atoms with Crippen LogP contribution in [0.25, 0.3) is 0 Å². The van der Waals surface area contributed by atoms with Gasteiger partial charge in [-0.25, -0.2) is 0 Å². The van der Waals surface area contributed by atoms with Crippen LogP contribution in [0, 0.1) is 0 Å². The average Bonchev–Trinajstić information content (AvgIpc) is 2.34. The number of nitrogens with zero attached hydrogens (tertiary/aromatic N) is 1. The normalized spacial score (nSPS) is 15.7. The van der Waals surface area contributed by atoms with Crippen LogP contribution < -0.4 is 20.7 Å². The summed E-state index contributed by atoms with van der Waals surface area (Å²) in [6.07, 6.45) is 0. The highest BCUT2D eigenvalue weighted by molar-refractivity contribution is 5.99. The maximum Gasteiger partial charge on any atom is 0.264 e. The molecular formula is C12H15N3O3. The van der Waals surface area contributed by atoms with Gasteiger partial charge >= 0.3 is 0 Å². The van der Waals surface area contributed by atoms with Crippen molar-refractivity contribution in [1.29, 1.82) is 0 Å². The molecule has 0 saturated carbocycles. The monoisotopic (exact) mass is 249 g/mol. The van der Waals surface area contributed by atoms with Crippen molar-refractivity contribution in [3.63, 3.8) is 0 Å². The first-order chi connectivity index (χ1) is 8.49. The summed E-state index contributed by atoms with van der Waals surface area (Å²) in [5, 5.41) is 2.67. The van der Waals surface area contributed by atoms with Gasteiger partial charge in [0.1, 0.15) is 5.75 Å². The number of nitrogens with one attached hydrogen (secondary N) is 1. The molecule has 0 aliphatic carbocycles. The van der Waals surface area contributed by atoms with E-state index in [2.05, 4.69) is 5.32 Å². The number of amides is 2. The smallest absolute Gasteiger partial charge is 0.264 e. The van der Waals surface area contributed by atoms with Crippen LogP contribution in [0.4, 0.5) is 11.4 Å². The van der Waals surface area contributed by atoms with E-state index in [1.54, 1.807) is 32.2 Å². The standard InChI is InChI=1S/C12H15N3O3/c1-7(13)12(17)14-8-3-4-10-9(5-8)15(2)11(16)6-18-10/h3-5,7H,6,13H2,1-2H3,(H,14,17)/t7-/m0/s1. The van der Waals surface area contributed by atoms with E-state index >= 15 is 0 Å². The number of hydrogen-bond donors (Lipinski definition) is 2. The summed E-state index contributed by atoms with van der Waals surface area (Å²) >= 11 is 0. The topological polar surface area (TPSA) is 84.7 Å². The molecule has 18 heavy (non-hydrogen) atoms. The zero-order chi connectivity index (χ0) is 13.3.